The Balaban J connectivity index is 2.35. The molecule has 112 valence electrons. The van der Waals surface area contributed by atoms with Gasteiger partial charge in [0.2, 0.25) is 0 Å². The van der Waals surface area contributed by atoms with E-state index in [1.165, 1.54) is 30.5 Å². The van der Waals surface area contributed by atoms with E-state index in [0.29, 0.717) is 0 Å². The van der Waals surface area contributed by atoms with Gasteiger partial charge in [0.05, 0.1) is 5.54 Å². The lowest BCUT2D eigenvalue weighted by Crippen LogP contribution is -2.57. The standard InChI is InChI=1S/C18H30N2/c1-5-20(17-9-7-6-8-15(17)3)18(13-19)11-10-14(2)16(4)12-18/h6-9,14,16H,5,10-13,19H2,1-4H3. The van der Waals surface area contributed by atoms with E-state index >= 15 is 0 Å². The Morgan fingerprint density at radius 1 is 1.25 bits per heavy atom. The lowest BCUT2D eigenvalue weighted by atomic mass is 9.70. The highest BCUT2D eigenvalue weighted by molar-refractivity contribution is 5.55. The van der Waals surface area contributed by atoms with Gasteiger partial charge in [-0.3, -0.25) is 0 Å². The van der Waals surface area contributed by atoms with Crippen molar-refractivity contribution >= 4 is 5.69 Å². The second-order valence-corrected chi connectivity index (χ2v) is 6.66. The van der Waals surface area contributed by atoms with E-state index in [4.69, 9.17) is 5.73 Å². The van der Waals surface area contributed by atoms with Gasteiger partial charge in [0, 0.05) is 18.8 Å². The van der Waals surface area contributed by atoms with Crippen LogP contribution in [0, 0.1) is 18.8 Å². The molecule has 1 fully saturated rings. The van der Waals surface area contributed by atoms with Crippen molar-refractivity contribution < 1.29 is 0 Å². The quantitative estimate of drug-likeness (QED) is 0.900. The highest BCUT2D eigenvalue weighted by atomic mass is 15.2. The molecule has 0 aromatic heterocycles. The van der Waals surface area contributed by atoms with Gasteiger partial charge in [0.15, 0.2) is 0 Å². The zero-order valence-corrected chi connectivity index (χ0v) is 13.5. The molecule has 1 aromatic rings. The molecule has 20 heavy (non-hydrogen) atoms. The molecular weight excluding hydrogens is 244 g/mol. The topological polar surface area (TPSA) is 29.3 Å². The smallest absolute Gasteiger partial charge is 0.0526 e. The first-order valence-electron chi connectivity index (χ1n) is 8.07. The van der Waals surface area contributed by atoms with Gasteiger partial charge in [-0.25, -0.2) is 0 Å². The summed E-state index contributed by atoms with van der Waals surface area (Å²) in [6, 6.07) is 8.72. The third-order valence-corrected chi connectivity index (χ3v) is 5.41. The summed E-state index contributed by atoms with van der Waals surface area (Å²) in [7, 11) is 0. The van der Waals surface area contributed by atoms with Gasteiger partial charge in [0.25, 0.3) is 0 Å². The summed E-state index contributed by atoms with van der Waals surface area (Å²) >= 11 is 0. The average Bonchev–Trinajstić information content (AvgIpc) is 2.45. The number of nitrogens with two attached hydrogens (primary N) is 1. The normalized spacial score (nSPS) is 30.2. The Kier molecular flexibility index (Phi) is 4.74. The van der Waals surface area contributed by atoms with Crippen LogP contribution in [0.15, 0.2) is 24.3 Å². The Morgan fingerprint density at radius 2 is 1.95 bits per heavy atom. The third kappa shape index (κ3) is 2.71. The summed E-state index contributed by atoms with van der Waals surface area (Å²) in [6.07, 6.45) is 3.73. The fraction of sp³-hybridized carbons (Fsp3) is 0.667. The van der Waals surface area contributed by atoms with Crippen LogP contribution < -0.4 is 10.6 Å². The molecule has 0 amide bonds. The van der Waals surface area contributed by atoms with Crippen LogP contribution in [0.3, 0.4) is 0 Å². The zero-order chi connectivity index (χ0) is 14.8. The molecule has 0 bridgehead atoms. The number of benzene rings is 1. The predicted molar refractivity (Wildman–Crippen MR) is 88.2 cm³/mol. The van der Waals surface area contributed by atoms with Crippen LogP contribution in [0.2, 0.25) is 0 Å². The van der Waals surface area contributed by atoms with Gasteiger partial charge in [-0.15, -0.1) is 0 Å². The monoisotopic (exact) mass is 274 g/mol. The van der Waals surface area contributed by atoms with Crippen LogP contribution in [0.1, 0.15) is 45.6 Å². The van der Waals surface area contributed by atoms with Gasteiger partial charge in [0.1, 0.15) is 0 Å². The van der Waals surface area contributed by atoms with Crippen LogP contribution in [0.4, 0.5) is 5.69 Å². The molecule has 3 unspecified atom stereocenters. The van der Waals surface area contributed by atoms with Gasteiger partial charge in [-0.2, -0.15) is 0 Å². The number of rotatable bonds is 4. The first-order chi connectivity index (χ1) is 9.54. The largest absolute Gasteiger partial charge is 0.365 e. The van der Waals surface area contributed by atoms with E-state index in [9.17, 15) is 0 Å². The van der Waals surface area contributed by atoms with E-state index in [0.717, 1.165) is 24.9 Å². The molecule has 0 radical (unpaired) electrons. The molecule has 0 heterocycles. The molecule has 0 spiro atoms. The van der Waals surface area contributed by atoms with Crippen LogP contribution in [-0.4, -0.2) is 18.6 Å². The maximum Gasteiger partial charge on any atom is 0.0526 e. The minimum absolute atomic E-state index is 0.146. The van der Waals surface area contributed by atoms with Crippen LogP contribution in [0.5, 0.6) is 0 Å². The number of aryl methyl sites for hydroxylation is 1. The first kappa shape index (κ1) is 15.4. The van der Waals surface area contributed by atoms with Gasteiger partial charge >= 0.3 is 0 Å². The number of anilines is 1. The summed E-state index contributed by atoms with van der Waals surface area (Å²) in [5.74, 6) is 1.58. The summed E-state index contributed by atoms with van der Waals surface area (Å²) in [6.45, 7) is 11.0. The second kappa shape index (κ2) is 6.17. The third-order valence-electron chi connectivity index (χ3n) is 5.41. The Morgan fingerprint density at radius 3 is 2.50 bits per heavy atom. The van der Waals surface area contributed by atoms with Crippen molar-refractivity contribution in [2.24, 2.45) is 17.6 Å². The molecule has 2 nitrogen and oxygen atoms in total. The predicted octanol–water partition coefficient (Wildman–Crippen LogP) is 3.97. The molecular formula is C18H30N2. The molecule has 2 N–H and O–H groups in total. The van der Waals surface area contributed by atoms with E-state index in [-0.39, 0.29) is 5.54 Å². The van der Waals surface area contributed by atoms with Crippen molar-refractivity contribution in [3.63, 3.8) is 0 Å². The van der Waals surface area contributed by atoms with Gasteiger partial charge in [-0.1, -0.05) is 32.0 Å². The molecule has 1 aromatic carbocycles. The molecule has 3 atom stereocenters. The lowest BCUT2D eigenvalue weighted by Gasteiger charge is -2.50. The highest BCUT2D eigenvalue weighted by Gasteiger charge is 2.41. The van der Waals surface area contributed by atoms with Crippen molar-refractivity contribution in [3.8, 4) is 0 Å². The van der Waals surface area contributed by atoms with E-state index in [1.54, 1.807) is 0 Å². The number of para-hydroxylation sites is 1. The summed E-state index contributed by atoms with van der Waals surface area (Å²) < 4.78 is 0. The molecule has 0 saturated heterocycles. The maximum absolute atomic E-state index is 6.27. The maximum atomic E-state index is 6.27. The Bertz CT molecular complexity index is 443. The van der Waals surface area contributed by atoms with Crippen molar-refractivity contribution in [3.05, 3.63) is 29.8 Å². The summed E-state index contributed by atoms with van der Waals surface area (Å²) in [5.41, 5.74) is 9.13. The van der Waals surface area contributed by atoms with Crippen molar-refractivity contribution in [1.82, 2.24) is 0 Å². The average molecular weight is 274 g/mol. The highest BCUT2D eigenvalue weighted by Crippen LogP contribution is 2.41. The lowest BCUT2D eigenvalue weighted by molar-refractivity contribution is 0.172. The van der Waals surface area contributed by atoms with Gasteiger partial charge in [-0.05, 0) is 56.6 Å². The van der Waals surface area contributed by atoms with Crippen molar-refractivity contribution in [1.29, 1.82) is 0 Å². The number of nitrogens with zero attached hydrogens (tertiary/aromatic N) is 1. The number of hydrogen-bond acceptors (Lipinski definition) is 2. The molecule has 2 rings (SSSR count). The minimum Gasteiger partial charge on any atom is -0.365 e. The first-order valence-corrected chi connectivity index (χ1v) is 8.07. The van der Waals surface area contributed by atoms with E-state index in [2.05, 4.69) is 56.9 Å². The molecule has 1 aliphatic carbocycles. The molecule has 1 saturated carbocycles. The SMILES string of the molecule is CCN(c1ccccc1C)C1(CN)CCC(C)C(C)C1. The number of likely N-dealkylation sites (N-methyl/N-ethyl adjacent to an activating group) is 1. The van der Waals surface area contributed by atoms with E-state index < -0.39 is 0 Å². The van der Waals surface area contributed by atoms with Crippen LogP contribution in [-0.2, 0) is 0 Å². The van der Waals surface area contributed by atoms with Crippen molar-refractivity contribution in [2.75, 3.05) is 18.0 Å². The summed E-state index contributed by atoms with van der Waals surface area (Å²) in [5, 5.41) is 0. The van der Waals surface area contributed by atoms with Crippen LogP contribution >= 0.6 is 0 Å². The fourth-order valence-electron chi connectivity index (χ4n) is 3.85. The van der Waals surface area contributed by atoms with Crippen LogP contribution in [0.25, 0.3) is 0 Å². The summed E-state index contributed by atoms with van der Waals surface area (Å²) in [4.78, 5) is 2.57. The molecule has 1 aliphatic rings. The zero-order valence-electron chi connectivity index (χ0n) is 13.5. The van der Waals surface area contributed by atoms with Crippen molar-refractivity contribution in [2.45, 2.75) is 52.5 Å². The molecule has 0 aliphatic heterocycles. The van der Waals surface area contributed by atoms with Gasteiger partial charge < -0.3 is 10.6 Å². The fourth-order valence-corrected chi connectivity index (χ4v) is 3.85. The Hall–Kier alpha value is -1.02. The minimum atomic E-state index is 0.146. The van der Waals surface area contributed by atoms with E-state index in [1.807, 2.05) is 0 Å². The number of hydrogen-bond donors (Lipinski definition) is 1. The second-order valence-electron chi connectivity index (χ2n) is 6.66. The Labute approximate surface area is 124 Å². The molecule has 2 heteroatoms.